The Labute approximate surface area is 127 Å². The van der Waals surface area contributed by atoms with Gasteiger partial charge in [0.15, 0.2) is 0 Å². The van der Waals surface area contributed by atoms with Crippen LogP contribution in [0.1, 0.15) is 22.5 Å². The third-order valence-electron chi connectivity index (χ3n) is 3.57. The Morgan fingerprint density at radius 3 is 2.40 bits per heavy atom. The number of aryl methyl sites for hydroxylation is 4. The van der Waals surface area contributed by atoms with E-state index in [0.29, 0.717) is 0 Å². The van der Waals surface area contributed by atoms with Crippen LogP contribution in [0.4, 0.5) is 0 Å². The van der Waals surface area contributed by atoms with Crippen LogP contribution in [0.2, 0.25) is 0 Å². The van der Waals surface area contributed by atoms with Gasteiger partial charge in [0.2, 0.25) is 0 Å². The van der Waals surface area contributed by atoms with E-state index in [0.717, 1.165) is 28.8 Å². The summed E-state index contributed by atoms with van der Waals surface area (Å²) in [5, 5.41) is 0. The van der Waals surface area contributed by atoms with Gasteiger partial charge in [-0.25, -0.2) is 4.98 Å². The Bertz CT molecular complexity index is 742. The van der Waals surface area contributed by atoms with Gasteiger partial charge < -0.3 is 4.40 Å². The molecule has 0 bridgehead atoms. The van der Waals surface area contributed by atoms with Gasteiger partial charge in [-0.15, -0.1) is 0 Å². The van der Waals surface area contributed by atoms with Crippen molar-refractivity contribution >= 4 is 21.4 Å². The molecule has 0 amide bonds. The molecular weight excluding hydrogens is 312 g/mol. The molecular formula is C17H17BrN2. The molecule has 0 aliphatic rings. The molecule has 2 nitrogen and oxygen atoms in total. The summed E-state index contributed by atoms with van der Waals surface area (Å²) in [4.78, 5) is 4.64. The Balaban J connectivity index is 1.87. The van der Waals surface area contributed by atoms with Crippen LogP contribution in [0, 0.1) is 13.8 Å². The second-order valence-corrected chi connectivity index (χ2v) is 6.02. The maximum Gasteiger partial charge on any atom is 0.132 e. The number of imidazole rings is 1. The van der Waals surface area contributed by atoms with Gasteiger partial charge in [0.05, 0.1) is 5.52 Å². The van der Waals surface area contributed by atoms with Crippen LogP contribution in [-0.2, 0) is 12.8 Å². The van der Waals surface area contributed by atoms with Crippen LogP contribution < -0.4 is 0 Å². The van der Waals surface area contributed by atoms with Crippen molar-refractivity contribution in [1.82, 2.24) is 9.38 Å². The summed E-state index contributed by atoms with van der Waals surface area (Å²) in [5.41, 5.74) is 5.04. The summed E-state index contributed by atoms with van der Waals surface area (Å²) in [6, 6.07) is 13.0. The van der Waals surface area contributed by atoms with Crippen molar-refractivity contribution in [3.05, 3.63) is 69.7 Å². The second kappa shape index (κ2) is 5.41. The first-order chi connectivity index (χ1) is 9.63. The number of nitrogens with zero attached hydrogens (tertiary/aromatic N) is 2. The predicted octanol–water partition coefficient (Wildman–Crippen LogP) is 4.50. The molecule has 3 heteroatoms. The number of hydrogen-bond acceptors (Lipinski definition) is 1. The monoisotopic (exact) mass is 328 g/mol. The van der Waals surface area contributed by atoms with Crippen LogP contribution in [0.25, 0.3) is 5.52 Å². The fraction of sp³-hybridized carbons (Fsp3) is 0.235. The van der Waals surface area contributed by atoms with Crippen molar-refractivity contribution in [1.29, 1.82) is 0 Å². The first kappa shape index (κ1) is 13.4. The van der Waals surface area contributed by atoms with Gasteiger partial charge in [-0.1, -0.05) is 35.9 Å². The van der Waals surface area contributed by atoms with Crippen LogP contribution in [0.15, 0.2) is 47.2 Å². The lowest BCUT2D eigenvalue weighted by Crippen LogP contribution is -1.98. The van der Waals surface area contributed by atoms with Crippen LogP contribution in [-0.4, -0.2) is 9.38 Å². The zero-order chi connectivity index (χ0) is 14.1. The average Bonchev–Trinajstić information content (AvgIpc) is 2.74. The molecule has 0 radical (unpaired) electrons. The molecule has 0 aliphatic carbocycles. The quantitative estimate of drug-likeness (QED) is 0.692. The first-order valence-corrected chi connectivity index (χ1v) is 7.61. The number of rotatable bonds is 3. The van der Waals surface area contributed by atoms with Gasteiger partial charge in [-0.05, 0) is 53.4 Å². The lowest BCUT2D eigenvalue weighted by Gasteiger charge is -2.03. The standard InChI is InChI=1S/C17H17BrN2/c1-12-3-6-14(7-4-12)8-10-16-19-17(18)15-9-5-13(2)11-20(15)16/h3-7,9,11H,8,10H2,1-2H3. The Hall–Kier alpha value is -1.61. The second-order valence-electron chi connectivity index (χ2n) is 5.27. The number of fused-ring (bicyclic) bond motifs is 1. The van der Waals surface area contributed by atoms with Gasteiger partial charge in [-0.2, -0.15) is 0 Å². The molecule has 0 N–H and O–H groups in total. The molecule has 102 valence electrons. The van der Waals surface area contributed by atoms with E-state index in [9.17, 15) is 0 Å². The van der Waals surface area contributed by atoms with Gasteiger partial charge in [0.25, 0.3) is 0 Å². The summed E-state index contributed by atoms with van der Waals surface area (Å²) in [5.74, 6) is 1.11. The van der Waals surface area contributed by atoms with E-state index in [1.54, 1.807) is 0 Å². The fourth-order valence-corrected chi connectivity index (χ4v) is 2.93. The lowest BCUT2D eigenvalue weighted by molar-refractivity contribution is 0.850. The maximum absolute atomic E-state index is 4.64. The number of aromatic nitrogens is 2. The van der Waals surface area contributed by atoms with Crippen molar-refractivity contribution in [2.24, 2.45) is 0 Å². The minimum absolute atomic E-state index is 0.927. The number of hydrogen-bond donors (Lipinski definition) is 0. The van der Waals surface area contributed by atoms with E-state index in [2.05, 4.69) is 81.8 Å². The summed E-state index contributed by atoms with van der Waals surface area (Å²) in [7, 11) is 0. The lowest BCUT2D eigenvalue weighted by atomic mass is 10.1. The number of pyridine rings is 1. The zero-order valence-electron chi connectivity index (χ0n) is 11.7. The minimum Gasteiger partial charge on any atom is -0.302 e. The predicted molar refractivity (Wildman–Crippen MR) is 86.2 cm³/mol. The molecule has 3 aromatic rings. The molecule has 0 spiro atoms. The highest BCUT2D eigenvalue weighted by molar-refractivity contribution is 9.10. The van der Waals surface area contributed by atoms with E-state index in [-0.39, 0.29) is 0 Å². The number of halogens is 1. The molecule has 0 saturated heterocycles. The van der Waals surface area contributed by atoms with Gasteiger partial charge in [-0.3, -0.25) is 0 Å². The molecule has 0 saturated carbocycles. The van der Waals surface area contributed by atoms with Crippen molar-refractivity contribution in [3.63, 3.8) is 0 Å². The number of benzene rings is 1. The minimum atomic E-state index is 0.927. The van der Waals surface area contributed by atoms with Gasteiger partial charge >= 0.3 is 0 Å². The zero-order valence-corrected chi connectivity index (χ0v) is 13.3. The molecule has 0 unspecified atom stereocenters. The smallest absolute Gasteiger partial charge is 0.132 e. The van der Waals surface area contributed by atoms with E-state index < -0.39 is 0 Å². The Morgan fingerprint density at radius 1 is 0.950 bits per heavy atom. The molecule has 2 aromatic heterocycles. The SMILES string of the molecule is Cc1ccc(CCc2nc(Br)c3ccc(C)cn23)cc1. The molecule has 0 aliphatic heterocycles. The van der Waals surface area contributed by atoms with Crippen molar-refractivity contribution in [2.45, 2.75) is 26.7 Å². The third kappa shape index (κ3) is 2.63. The molecule has 2 heterocycles. The van der Waals surface area contributed by atoms with Crippen molar-refractivity contribution in [2.75, 3.05) is 0 Å². The maximum atomic E-state index is 4.64. The van der Waals surface area contributed by atoms with Crippen molar-refractivity contribution < 1.29 is 0 Å². The van der Waals surface area contributed by atoms with Crippen LogP contribution in [0.5, 0.6) is 0 Å². The molecule has 1 aromatic carbocycles. The largest absolute Gasteiger partial charge is 0.302 e. The summed E-state index contributed by atoms with van der Waals surface area (Å²) < 4.78 is 3.12. The van der Waals surface area contributed by atoms with Crippen LogP contribution >= 0.6 is 15.9 Å². The average molecular weight is 329 g/mol. The first-order valence-electron chi connectivity index (χ1n) is 6.82. The normalized spacial score (nSPS) is 11.2. The fourth-order valence-electron chi connectivity index (χ4n) is 2.40. The van der Waals surface area contributed by atoms with Crippen molar-refractivity contribution in [3.8, 4) is 0 Å². The highest BCUT2D eigenvalue weighted by atomic mass is 79.9. The Morgan fingerprint density at radius 2 is 1.65 bits per heavy atom. The molecule has 0 atom stereocenters. The van der Waals surface area contributed by atoms with Crippen LogP contribution in [0.3, 0.4) is 0 Å². The van der Waals surface area contributed by atoms with E-state index in [4.69, 9.17) is 0 Å². The summed E-state index contributed by atoms with van der Waals surface area (Å²) in [6.45, 7) is 4.23. The highest BCUT2D eigenvalue weighted by Crippen LogP contribution is 2.20. The Kier molecular flexibility index (Phi) is 3.62. The summed E-state index contributed by atoms with van der Waals surface area (Å²) in [6.07, 6.45) is 4.11. The molecule has 3 rings (SSSR count). The topological polar surface area (TPSA) is 17.3 Å². The van der Waals surface area contributed by atoms with E-state index >= 15 is 0 Å². The highest BCUT2D eigenvalue weighted by Gasteiger charge is 2.09. The van der Waals surface area contributed by atoms with E-state index in [1.807, 2.05) is 0 Å². The van der Waals surface area contributed by atoms with Gasteiger partial charge in [0.1, 0.15) is 10.4 Å². The molecule has 0 fully saturated rings. The van der Waals surface area contributed by atoms with E-state index in [1.165, 1.54) is 16.7 Å². The summed E-state index contributed by atoms with van der Waals surface area (Å²) >= 11 is 3.55. The van der Waals surface area contributed by atoms with Gasteiger partial charge in [0, 0.05) is 12.6 Å². The third-order valence-corrected chi connectivity index (χ3v) is 4.15. The molecule has 20 heavy (non-hydrogen) atoms.